The summed E-state index contributed by atoms with van der Waals surface area (Å²) in [4.78, 5) is 0. The number of aryl methyl sites for hydroxylation is 1. The maximum atomic E-state index is 5.70. The van der Waals surface area contributed by atoms with Gasteiger partial charge in [0.2, 0.25) is 0 Å². The Bertz CT molecular complexity index is 310. The van der Waals surface area contributed by atoms with Gasteiger partial charge in [0, 0.05) is 12.6 Å². The van der Waals surface area contributed by atoms with Crippen molar-refractivity contribution in [2.75, 3.05) is 19.0 Å². The van der Waals surface area contributed by atoms with Crippen molar-refractivity contribution in [3.05, 3.63) is 23.8 Å². The highest BCUT2D eigenvalue weighted by molar-refractivity contribution is 5.58. The lowest BCUT2D eigenvalue weighted by Gasteiger charge is -2.13. The molecule has 0 amide bonds. The molecule has 0 saturated heterocycles. The molecular weight excluding hydrogens is 188 g/mol. The second-order valence-electron chi connectivity index (χ2n) is 3.75. The molecule has 0 aromatic heterocycles. The molecule has 0 aliphatic carbocycles. The zero-order valence-electron chi connectivity index (χ0n) is 9.71. The van der Waals surface area contributed by atoms with E-state index in [9.17, 15) is 0 Å². The van der Waals surface area contributed by atoms with E-state index in [-0.39, 0.29) is 6.04 Å². The molecule has 1 rings (SSSR count). The summed E-state index contributed by atoms with van der Waals surface area (Å²) < 4.78 is 5.27. The number of anilines is 1. The lowest BCUT2D eigenvalue weighted by atomic mass is 10.1. The summed E-state index contributed by atoms with van der Waals surface area (Å²) in [6, 6.07) is 6.32. The Morgan fingerprint density at radius 2 is 2.20 bits per heavy atom. The first-order valence-corrected chi connectivity index (χ1v) is 5.33. The van der Waals surface area contributed by atoms with Gasteiger partial charge in [0.25, 0.3) is 0 Å². The molecule has 84 valence electrons. The van der Waals surface area contributed by atoms with E-state index in [1.165, 1.54) is 5.56 Å². The fourth-order valence-electron chi connectivity index (χ4n) is 1.38. The molecule has 0 spiro atoms. The van der Waals surface area contributed by atoms with Crippen LogP contribution >= 0.6 is 0 Å². The van der Waals surface area contributed by atoms with Crippen molar-refractivity contribution >= 4 is 5.69 Å². The van der Waals surface area contributed by atoms with Gasteiger partial charge >= 0.3 is 0 Å². The Balaban J connectivity index is 2.81. The molecule has 0 bridgehead atoms. The topological polar surface area (TPSA) is 47.3 Å². The van der Waals surface area contributed by atoms with Crippen molar-refractivity contribution in [1.82, 2.24) is 0 Å². The SMILES string of the molecule is CCc1ccc(OC)c(NCC(C)N)c1. The van der Waals surface area contributed by atoms with Crippen LogP contribution in [0.15, 0.2) is 18.2 Å². The van der Waals surface area contributed by atoms with Gasteiger partial charge in [-0.2, -0.15) is 0 Å². The van der Waals surface area contributed by atoms with Crippen LogP contribution in [-0.2, 0) is 6.42 Å². The molecule has 3 heteroatoms. The molecule has 3 nitrogen and oxygen atoms in total. The number of ether oxygens (including phenoxy) is 1. The fraction of sp³-hybridized carbons (Fsp3) is 0.500. The second-order valence-corrected chi connectivity index (χ2v) is 3.75. The van der Waals surface area contributed by atoms with E-state index in [1.54, 1.807) is 7.11 Å². The number of hydrogen-bond donors (Lipinski definition) is 2. The van der Waals surface area contributed by atoms with Crippen LogP contribution in [0.3, 0.4) is 0 Å². The summed E-state index contributed by atoms with van der Waals surface area (Å²) in [6.07, 6.45) is 1.02. The normalized spacial score (nSPS) is 12.3. The quantitative estimate of drug-likeness (QED) is 0.778. The van der Waals surface area contributed by atoms with Crippen molar-refractivity contribution in [2.24, 2.45) is 5.73 Å². The Labute approximate surface area is 91.6 Å². The molecular formula is C12H20N2O. The Hall–Kier alpha value is -1.22. The fourth-order valence-corrected chi connectivity index (χ4v) is 1.38. The van der Waals surface area contributed by atoms with Crippen LogP contribution in [0.2, 0.25) is 0 Å². The Kier molecular flexibility index (Phi) is 4.43. The predicted octanol–water partition coefficient (Wildman–Crippen LogP) is 2.02. The largest absolute Gasteiger partial charge is 0.495 e. The molecule has 0 saturated carbocycles. The lowest BCUT2D eigenvalue weighted by Crippen LogP contribution is -2.25. The van der Waals surface area contributed by atoms with Gasteiger partial charge in [-0.3, -0.25) is 0 Å². The smallest absolute Gasteiger partial charge is 0.141 e. The highest BCUT2D eigenvalue weighted by atomic mass is 16.5. The van der Waals surface area contributed by atoms with Crippen molar-refractivity contribution in [3.8, 4) is 5.75 Å². The van der Waals surface area contributed by atoms with Crippen LogP contribution in [0.4, 0.5) is 5.69 Å². The number of nitrogens with one attached hydrogen (secondary N) is 1. The van der Waals surface area contributed by atoms with Crippen LogP contribution in [0.25, 0.3) is 0 Å². The van der Waals surface area contributed by atoms with E-state index >= 15 is 0 Å². The van der Waals surface area contributed by atoms with Crippen molar-refractivity contribution in [3.63, 3.8) is 0 Å². The third-order valence-corrected chi connectivity index (χ3v) is 2.29. The second kappa shape index (κ2) is 5.61. The van der Waals surface area contributed by atoms with Crippen LogP contribution in [-0.4, -0.2) is 19.7 Å². The first kappa shape index (κ1) is 11.9. The van der Waals surface area contributed by atoms with Crippen molar-refractivity contribution in [1.29, 1.82) is 0 Å². The third kappa shape index (κ3) is 3.44. The van der Waals surface area contributed by atoms with Gasteiger partial charge in [0.05, 0.1) is 12.8 Å². The number of nitrogens with two attached hydrogens (primary N) is 1. The minimum absolute atomic E-state index is 0.139. The summed E-state index contributed by atoms with van der Waals surface area (Å²) in [5, 5.41) is 3.29. The number of methoxy groups -OCH3 is 1. The molecule has 0 heterocycles. The summed E-state index contributed by atoms with van der Waals surface area (Å²) >= 11 is 0. The Morgan fingerprint density at radius 3 is 2.73 bits per heavy atom. The zero-order chi connectivity index (χ0) is 11.3. The molecule has 1 atom stereocenters. The van der Waals surface area contributed by atoms with E-state index in [0.717, 1.165) is 24.4 Å². The summed E-state index contributed by atoms with van der Waals surface area (Å²) in [7, 11) is 1.68. The van der Waals surface area contributed by atoms with Crippen molar-refractivity contribution in [2.45, 2.75) is 26.3 Å². The van der Waals surface area contributed by atoms with Crippen molar-refractivity contribution < 1.29 is 4.74 Å². The highest BCUT2D eigenvalue weighted by Crippen LogP contribution is 2.25. The van der Waals surface area contributed by atoms with Gasteiger partial charge in [0.15, 0.2) is 0 Å². The molecule has 0 fully saturated rings. The van der Waals surface area contributed by atoms with Crippen LogP contribution in [0.1, 0.15) is 19.4 Å². The molecule has 1 aromatic rings. The molecule has 3 N–H and O–H groups in total. The van der Waals surface area contributed by atoms with Gasteiger partial charge in [-0.05, 0) is 31.0 Å². The van der Waals surface area contributed by atoms with Gasteiger partial charge in [-0.25, -0.2) is 0 Å². The van der Waals surface area contributed by atoms with E-state index in [0.29, 0.717) is 0 Å². The molecule has 0 aliphatic rings. The van der Waals surface area contributed by atoms with Gasteiger partial charge in [0.1, 0.15) is 5.75 Å². The summed E-state index contributed by atoms with van der Waals surface area (Å²) in [6.45, 7) is 4.86. The average molecular weight is 208 g/mol. The summed E-state index contributed by atoms with van der Waals surface area (Å²) in [5.41, 5.74) is 8.02. The molecule has 0 radical (unpaired) electrons. The maximum Gasteiger partial charge on any atom is 0.141 e. The van der Waals surface area contributed by atoms with E-state index in [1.807, 2.05) is 13.0 Å². The molecule has 0 aliphatic heterocycles. The van der Waals surface area contributed by atoms with Gasteiger partial charge in [-0.15, -0.1) is 0 Å². The number of benzene rings is 1. The first-order valence-electron chi connectivity index (χ1n) is 5.33. The van der Waals surface area contributed by atoms with Crippen LogP contribution in [0, 0.1) is 0 Å². The van der Waals surface area contributed by atoms with E-state index in [4.69, 9.17) is 10.5 Å². The highest BCUT2D eigenvalue weighted by Gasteiger charge is 2.03. The monoisotopic (exact) mass is 208 g/mol. The van der Waals surface area contributed by atoms with Crippen LogP contribution in [0.5, 0.6) is 5.75 Å². The van der Waals surface area contributed by atoms with Gasteiger partial charge in [-0.1, -0.05) is 13.0 Å². The molecule has 1 aromatic carbocycles. The van der Waals surface area contributed by atoms with E-state index in [2.05, 4.69) is 24.4 Å². The predicted molar refractivity (Wildman–Crippen MR) is 64.5 cm³/mol. The standard InChI is InChI=1S/C12H20N2O/c1-4-10-5-6-12(15-3)11(7-10)14-8-9(2)13/h5-7,9,14H,4,8,13H2,1-3H3. The number of hydrogen-bond acceptors (Lipinski definition) is 3. The average Bonchev–Trinajstić information content (AvgIpc) is 2.25. The zero-order valence-corrected chi connectivity index (χ0v) is 9.71. The Morgan fingerprint density at radius 1 is 1.47 bits per heavy atom. The first-order chi connectivity index (χ1) is 7.17. The lowest BCUT2D eigenvalue weighted by molar-refractivity contribution is 0.416. The number of rotatable bonds is 5. The maximum absolute atomic E-state index is 5.70. The van der Waals surface area contributed by atoms with Crippen LogP contribution < -0.4 is 15.8 Å². The summed E-state index contributed by atoms with van der Waals surface area (Å²) in [5.74, 6) is 0.868. The molecule has 1 unspecified atom stereocenters. The molecule has 15 heavy (non-hydrogen) atoms. The minimum Gasteiger partial charge on any atom is -0.495 e. The van der Waals surface area contributed by atoms with E-state index < -0.39 is 0 Å². The van der Waals surface area contributed by atoms with Gasteiger partial charge < -0.3 is 15.8 Å². The minimum atomic E-state index is 0.139. The third-order valence-electron chi connectivity index (χ3n) is 2.29.